The van der Waals surface area contributed by atoms with Crippen LogP contribution in [0, 0.1) is 11.9 Å². The van der Waals surface area contributed by atoms with Crippen molar-refractivity contribution in [3.05, 3.63) is 59.5 Å². The summed E-state index contributed by atoms with van der Waals surface area (Å²) in [5.74, 6) is -0.268. The molecule has 0 amide bonds. The molecule has 0 bridgehead atoms. The summed E-state index contributed by atoms with van der Waals surface area (Å²) in [5.41, 5.74) is 2.25. The van der Waals surface area contributed by atoms with Crippen molar-refractivity contribution in [2.45, 2.75) is 0 Å². The molecule has 0 saturated heterocycles. The molecule has 83 valence electrons. The van der Waals surface area contributed by atoms with Crippen LogP contribution in [-0.2, 0) is 0 Å². The molecule has 2 nitrogen and oxygen atoms in total. The lowest BCUT2D eigenvalue weighted by Gasteiger charge is -1.95. The van der Waals surface area contributed by atoms with Gasteiger partial charge in [-0.05, 0) is 36.4 Å². The molecule has 3 rings (SSSR count). The number of halogens is 2. The Morgan fingerprint density at radius 1 is 1.12 bits per heavy atom. The number of nitrogens with zero attached hydrogens (tertiary/aromatic N) is 2. The van der Waals surface area contributed by atoms with Crippen LogP contribution in [-0.4, -0.2) is 9.61 Å². The van der Waals surface area contributed by atoms with E-state index >= 15 is 0 Å². The van der Waals surface area contributed by atoms with Crippen LogP contribution in [0.2, 0.25) is 5.15 Å². The third-order valence-corrected chi connectivity index (χ3v) is 2.77. The molecule has 0 fully saturated rings. The SMILES string of the molecule is Fc1ccc(-c2[c]c3cccc(Cl)n3n2)cc1. The van der Waals surface area contributed by atoms with Gasteiger partial charge in [0, 0.05) is 11.6 Å². The monoisotopic (exact) mass is 245 g/mol. The average molecular weight is 246 g/mol. The summed E-state index contributed by atoms with van der Waals surface area (Å²) in [6, 6.07) is 14.7. The second kappa shape index (κ2) is 3.86. The first-order chi connectivity index (χ1) is 8.24. The van der Waals surface area contributed by atoms with Gasteiger partial charge >= 0.3 is 0 Å². The van der Waals surface area contributed by atoms with E-state index in [1.807, 2.05) is 12.1 Å². The van der Waals surface area contributed by atoms with Crippen molar-refractivity contribution in [1.82, 2.24) is 9.61 Å². The van der Waals surface area contributed by atoms with Gasteiger partial charge in [-0.25, -0.2) is 8.91 Å². The molecule has 2 aromatic heterocycles. The fourth-order valence-electron chi connectivity index (χ4n) is 1.66. The molecular formula is C13H7ClFN2. The molecule has 0 aliphatic rings. The van der Waals surface area contributed by atoms with Crippen LogP contribution in [0.4, 0.5) is 4.39 Å². The van der Waals surface area contributed by atoms with Gasteiger partial charge in [0.05, 0.1) is 5.52 Å². The number of benzene rings is 1. The summed E-state index contributed by atoms with van der Waals surface area (Å²) >= 11 is 6.00. The molecule has 0 spiro atoms. The first kappa shape index (κ1) is 10.3. The number of pyridine rings is 1. The molecule has 0 unspecified atom stereocenters. The Morgan fingerprint density at radius 2 is 1.88 bits per heavy atom. The van der Waals surface area contributed by atoms with Crippen LogP contribution in [0.15, 0.2) is 42.5 Å². The second-order valence-corrected chi connectivity index (χ2v) is 4.01. The number of hydrogen-bond acceptors (Lipinski definition) is 1. The quantitative estimate of drug-likeness (QED) is 0.599. The lowest BCUT2D eigenvalue weighted by Crippen LogP contribution is -1.88. The Morgan fingerprint density at radius 3 is 2.59 bits per heavy atom. The van der Waals surface area contributed by atoms with Crippen LogP contribution in [0.25, 0.3) is 16.8 Å². The summed E-state index contributed by atoms with van der Waals surface area (Å²) in [5, 5.41) is 4.84. The number of rotatable bonds is 1. The van der Waals surface area contributed by atoms with Crippen molar-refractivity contribution in [1.29, 1.82) is 0 Å². The van der Waals surface area contributed by atoms with E-state index in [9.17, 15) is 4.39 Å². The van der Waals surface area contributed by atoms with Crippen LogP contribution in [0.1, 0.15) is 0 Å². The highest BCUT2D eigenvalue weighted by Gasteiger charge is 2.06. The van der Waals surface area contributed by atoms with Crippen molar-refractivity contribution in [3.63, 3.8) is 0 Å². The Hall–Kier alpha value is -1.87. The summed E-state index contributed by atoms with van der Waals surface area (Å²) in [6.07, 6.45) is 0. The van der Waals surface area contributed by atoms with Gasteiger partial charge in [0.2, 0.25) is 0 Å². The average Bonchev–Trinajstić information content (AvgIpc) is 2.75. The van der Waals surface area contributed by atoms with Crippen molar-refractivity contribution in [3.8, 4) is 11.3 Å². The minimum Gasteiger partial charge on any atom is -0.221 e. The normalized spacial score (nSPS) is 10.9. The summed E-state index contributed by atoms with van der Waals surface area (Å²) in [4.78, 5) is 0. The number of aromatic nitrogens is 2. The molecule has 4 heteroatoms. The minimum atomic E-state index is -0.268. The summed E-state index contributed by atoms with van der Waals surface area (Å²) < 4.78 is 14.4. The van der Waals surface area contributed by atoms with Crippen LogP contribution in [0.3, 0.4) is 0 Å². The summed E-state index contributed by atoms with van der Waals surface area (Å²) in [6.45, 7) is 0. The van der Waals surface area contributed by atoms with Crippen LogP contribution < -0.4 is 0 Å². The standard InChI is InChI=1S/C13H7ClFN2/c14-13-3-1-2-11-8-12(16-17(11)13)9-4-6-10(15)7-5-9/h1-7H. The smallest absolute Gasteiger partial charge is 0.131 e. The first-order valence-electron chi connectivity index (χ1n) is 5.06. The van der Waals surface area contributed by atoms with Gasteiger partial charge in [-0.15, -0.1) is 0 Å². The Balaban J connectivity index is 2.18. The van der Waals surface area contributed by atoms with E-state index in [-0.39, 0.29) is 5.82 Å². The third kappa shape index (κ3) is 1.78. The van der Waals surface area contributed by atoms with Gasteiger partial charge in [0.1, 0.15) is 16.7 Å². The molecule has 0 N–H and O–H groups in total. The second-order valence-electron chi connectivity index (χ2n) is 3.63. The van der Waals surface area contributed by atoms with E-state index in [2.05, 4.69) is 11.2 Å². The lowest BCUT2D eigenvalue weighted by molar-refractivity contribution is 0.628. The molecule has 3 aromatic rings. The molecule has 0 aliphatic carbocycles. The Labute approximate surface area is 102 Å². The zero-order valence-electron chi connectivity index (χ0n) is 8.69. The van der Waals surface area contributed by atoms with Gasteiger partial charge in [-0.2, -0.15) is 5.10 Å². The van der Waals surface area contributed by atoms with Crippen molar-refractivity contribution < 1.29 is 4.39 Å². The Bertz CT molecular complexity index is 673. The summed E-state index contributed by atoms with van der Waals surface area (Å²) in [7, 11) is 0. The van der Waals surface area contributed by atoms with E-state index in [0.717, 1.165) is 11.1 Å². The maximum absolute atomic E-state index is 12.8. The van der Waals surface area contributed by atoms with Gasteiger partial charge in [-0.1, -0.05) is 17.7 Å². The zero-order chi connectivity index (χ0) is 11.8. The first-order valence-corrected chi connectivity index (χ1v) is 5.44. The topological polar surface area (TPSA) is 17.3 Å². The van der Waals surface area contributed by atoms with E-state index in [0.29, 0.717) is 10.8 Å². The van der Waals surface area contributed by atoms with E-state index in [1.54, 1.807) is 22.7 Å². The van der Waals surface area contributed by atoms with Crippen molar-refractivity contribution in [2.75, 3.05) is 0 Å². The maximum atomic E-state index is 12.8. The van der Waals surface area contributed by atoms with Gasteiger partial charge in [-0.3, -0.25) is 0 Å². The minimum absolute atomic E-state index is 0.268. The maximum Gasteiger partial charge on any atom is 0.131 e. The predicted octanol–water partition coefficient (Wildman–Crippen LogP) is 3.59. The van der Waals surface area contributed by atoms with Crippen LogP contribution in [0.5, 0.6) is 0 Å². The molecule has 0 atom stereocenters. The van der Waals surface area contributed by atoms with Crippen molar-refractivity contribution >= 4 is 17.1 Å². The Kier molecular flexibility index (Phi) is 2.34. The van der Waals surface area contributed by atoms with E-state index in [1.165, 1.54) is 12.1 Å². The third-order valence-electron chi connectivity index (χ3n) is 2.48. The largest absolute Gasteiger partial charge is 0.221 e. The fraction of sp³-hybridized carbons (Fsp3) is 0. The molecule has 1 aromatic carbocycles. The highest BCUT2D eigenvalue weighted by molar-refractivity contribution is 6.29. The number of hydrogen-bond donors (Lipinski definition) is 0. The van der Waals surface area contributed by atoms with E-state index in [4.69, 9.17) is 11.6 Å². The molecule has 0 saturated carbocycles. The highest BCUT2D eigenvalue weighted by atomic mass is 35.5. The molecule has 17 heavy (non-hydrogen) atoms. The molecular weight excluding hydrogens is 239 g/mol. The predicted molar refractivity (Wildman–Crippen MR) is 64.4 cm³/mol. The molecule has 2 heterocycles. The molecule has 0 aliphatic heterocycles. The molecule has 1 radical (unpaired) electrons. The van der Waals surface area contributed by atoms with Gasteiger partial charge in [0.25, 0.3) is 0 Å². The highest BCUT2D eigenvalue weighted by Crippen LogP contribution is 2.21. The van der Waals surface area contributed by atoms with Crippen molar-refractivity contribution in [2.24, 2.45) is 0 Å². The van der Waals surface area contributed by atoms with Gasteiger partial charge < -0.3 is 0 Å². The van der Waals surface area contributed by atoms with E-state index < -0.39 is 0 Å². The lowest BCUT2D eigenvalue weighted by atomic mass is 10.1. The van der Waals surface area contributed by atoms with Gasteiger partial charge in [0.15, 0.2) is 0 Å². The number of fused-ring (bicyclic) bond motifs is 1. The van der Waals surface area contributed by atoms with Crippen LogP contribution >= 0.6 is 11.6 Å². The zero-order valence-corrected chi connectivity index (χ0v) is 9.45. The fourth-order valence-corrected chi connectivity index (χ4v) is 1.86.